The van der Waals surface area contributed by atoms with Gasteiger partial charge in [0.2, 0.25) is 0 Å². The third kappa shape index (κ3) is 4.41. The van der Waals surface area contributed by atoms with Crippen molar-refractivity contribution in [2.45, 2.75) is 32.2 Å². The molecule has 0 amide bonds. The number of aryl methyl sites for hydroxylation is 1. The first-order valence-electron chi connectivity index (χ1n) is 11.5. The molecule has 0 radical (unpaired) electrons. The molecule has 2 aliphatic rings. The number of ether oxygens (including phenoxy) is 1. The SMILES string of the molecule is Cc1cc2ccncc2c(Nc2ccc(CC(NC3=C(Br)C(=O)C34CCOCC4)C(=O)O)cc2)n1. The molecule has 1 spiro atoms. The maximum absolute atomic E-state index is 12.6. The smallest absolute Gasteiger partial charge is 0.326 e. The van der Waals surface area contributed by atoms with Crippen molar-refractivity contribution in [3.63, 3.8) is 0 Å². The molecule has 8 nitrogen and oxygen atoms in total. The molecule has 3 aromatic rings. The third-order valence-electron chi connectivity index (χ3n) is 6.71. The Bertz CT molecular complexity index is 1330. The number of rotatable bonds is 7. The highest BCUT2D eigenvalue weighted by Gasteiger charge is 2.54. The summed E-state index contributed by atoms with van der Waals surface area (Å²) in [4.78, 5) is 33.5. The Labute approximate surface area is 210 Å². The van der Waals surface area contributed by atoms with Gasteiger partial charge in [0.15, 0.2) is 5.78 Å². The summed E-state index contributed by atoms with van der Waals surface area (Å²) in [6.07, 6.45) is 4.94. The number of carboxylic acid groups (broad SMARTS) is 1. The van der Waals surface area contributed by atoms with E-state index >= 15 is 0 Å². The number of nitrogens with one attached hydrogen (secondary N) is 2. The fourth-order valence-corrected chi connectivity index (χ4v) is 5.65. The molecule has 3 heterocycles. The summed E-state index contributed by atoms with van der Waals surface area (Å²) < 4.78 is 5.86. The number of hydrogen-bond acceptors (Lipinski definition) is 7. The molecule has 35 heavy (non-hydrogen) atoms. The van der Waals surface area contributed by atoms with Gasteiger partial charge in [0.1, 0.15) is 11.9 Å². The molecule has 180 valence electrons. The van der Waals surface area contributed by atoms with Crippen LogP contribution in [0.1, 0.15) is 24.1 Å². The molecular weight excluding hydrogens is 512 g/mol. The molecule has 5 rings (SSSR count). The van der Waals surface area contributed by atoms with Crippen LogP contribution in [-0.4, -0.2) is 46.1 Å². The lowest BCUT2D eigenvalue weighted by Crippen LogP contribution is -2.54. The number of anilines is 2. The number of benzene rings is 1. The van der Waals surface area contributed by atoms with Gasteiger partial charge < -0.3 is 20.5 Å². The van der Waals surface area contributed by atoms with Gasteiger partial charge in [0.25, 0.3) is 0 Å². The van der Waals surface area contributed by atoms with Crippen LogP contribution >= 0.6 is 15.9 Å². The average molecular weight is 537 g/mol. The van der Waals surface area contributed by atoms with Crippen LogP contribution in [0.5, 0.6) is 0 Å². The first-order chi connectivity index (χ1) is 16.9. The second kappa shape index (κ2) is 9.39. The average Bonchev–Trinajstić information content (AvgIpc) is 2.87. The number of ketones is 1. The monoisotopic (exact) mass is 536 g/mol. The number of aliphatic carboxylic acids is 1. The van der Waals surface area contributed by atoms with Crippen LogP contribution in [0.15, 0.2) is 59.0 Å². The lowest BCUT2D eigenvalue weighted by molar-refractivity contribution is -0.140. The van der Waals surface area contributed by atoms with Gasteiger partial charge in [-0.15, -0.1) is 0 Å². The van der Waals surface area contributed by atoms with E-state index in [4.69, 9.17) is 4.74 Å². The highest BCUT2D eigenvalue weighted by molar-refractivity contribution is 9.12. The molecule has 0 saturated carbocycles. The Balaban J connectivity index is 1.31. The van der Waals surface area contributed by atoms with Gasteiger partial charge in [-0.3, -0.25) is 9.78 Å². The molecular formula is C26H25BrN4O4. The molecule has 1 unspecified atom stereocenters. The Morgan fingerprint density at radius 2 is 1.97 bits per heavy atom. The fourth-order valence-electron chi connectivity index (χ4n) is 4.77. The highest BCUT2D eigenvalue weighted by atomic mass is 79.9. The van der Waals surface area contributed by atoms with Crippen LogP contribution in [0.2, 0.25) is 0 Å². The Morgan fingerprint density at radius 3 is 2.69 bits per heavy atom. The first-order valence-corrected chi connectivity index (χ1v) is 12.3. The minimum absolute atomic E-state index is 0.0235. The molecule has 0 bridgehead atoms. The number of carbonyl (C=O) groups excluding carboxylic acids is 1. The van der Waals surface area contributed by atoms with Gasteiger partial charge in [-0.2, -0.15) is 0 Å². The predicted molar refractivity (Wildman–Crippen MR) is 136 cm³/mol. The van der Waals surface area contributed by atoms with Gasteiger partial charge in [-0.05, 0) is 70.9 Å². The number of aromatic nitrogens is 2. The first kappa shape index (κ1) is 23.4. The fraction of sp³-hybridized carbons (Fsp3) is 0.308. The summed E-state index contributed by atoms with van der Waals surface area (Å²) in [6, 6.07) is 10.7. The molecule has 1 aliphatic carbocycles. The van der Waals surface area contributed by atoms with Crippen molar-refractivity contribution >= 4 is 50.0 Å². The minimum atomic E-state index is -0.968. The van der Waals surface area contributed by atoms with Crippen LogP contribution < -0.4 is 10.6 Å². The van der Waals surface area contributed by atoms with Gasteiger partial charge in [-0.1, -0.05) is 12.1 Å². The zero-order chi connectivity index (χ0) is 24.6. The number of fused-ring (bicyclic) bond motifs is 1. The largest absolute Gasteiger partial charge is 0.480 e. The van der Waals surface area contributed by atoms with Crippen molar-refractivity contribution in [2.75, 3.05) is 18.5 Å². The summed E-state index contributed by atoms with van der Waals surface area (Å²) >= 11 is 3.34. The molecule has 1 fully saturated rings. The predicted octanol–water partition coefficient (Wildman–Crippen LogP) is 4.25. The Kier molecular flexibility index (Phi) is 6.29. The Hall–Kier alpha value is -3.30. The maximum atomic E-state index is 12.6. The summed E-state index contributed by atoms with van der Waals surface area (Å²) in [7, 11) is 0. The van der Waals surface area contributed by atoms with Crippen LogP contribution in [0.25, 0.3) is 10.8 Å². The van der Waals surface area contributed by atoms with Gasteiger partial charge in [0.05, 0.1) is 9.90 Å². The number of halogens is 1. The van der Waals surface area contributed by atoms with E-state index in [0.717, 1.165) is 33.5 Å². The van der Waals surface area contributed by atoms with Crippen molar-refractivity contribution in [3.05, 3.63) is 70.2 Å². The standard InChI is InChI=1S/C26H25BrN4O4/c1-15-12-17-6-9-28-14-19(17)24(29-15)30-18-4-2-16(3-5-18)13-20(25(33)34)31-22-21(27)23(32)26(22)7-10-35-11-8-26/h2-6,9,12,14,20,31H,7-8,10-11,13H2,1H3,(H,29,30)(H,33,34). The molecule has 3 N–H and O–H groups in total. The number of pyridine rings is 2. The maximum Gasteiger partial charge on any atom is 0.326 e. The number of Topliss-reactive ketones (excluding diaryl/α,β-unsaturated/α-hetero) is 1. The normalized spacial score (nSPS) is 17.8. The number of nitrogens with zero attached hydrogens (tertiary/aromatic N) is 2. The summed E-state index contributed by atoms with van der Waals surface area (Å²) in [5.74, 6) is -0.223. The van der Waals surface area contributed by atoms with Crippen molar-refractivity contribution in [3.8, 4) is 0 Å². The summed E-state index contributed by atoms with van der Waals surface area (Å²) in [6.45, 7) is 2.93. The molecule has 1 atom stereocenters. The number of allylic oxidation sites excluding steroid dienone is 2. The zero-order valence-electron chi connectivity index (χ0n) is 19.2. The topological polar surface area (TPSA) is 113 Å². The van der Waals surface area contributed by atoms with E-state index in [2.05, 4.69) is 36.5 Å². The summed E-state index contributed by atoms with van der Waals surface area (Å²) in [5, 5.41) is 18.4. The quantitative estimate of drug-likeness (QED) is 0.410. The number of carboxylic acids is 1. The van der Waals surface area contributed by atoms with Crippen molar-refractivity contribution < 1.29 is 19.4 Å². The Morgan fingerprint density at radius 1 is 1.23 bits per heavy atom. The van der Waals surface area contributed by atoms with Gasteiger partial charge >= 0.3 is 5.97 Å². The second-order valence-corrected chi connectivity index (χ2v) is 9.78. The molecule has 1 aliphatic heterocycles. The second-order valence-electron chi connectivity index (χ2n) is 8.98. The lowest BCUT2D eigenvalue weighted by Gasteiger charge is -2.45. The van der Waals surface area contributed by atoms with Crippen molar-refractivity contribution in [1.82, 2.24) is 15.3 Å². The summed E-state index contributed by atoms with van der Waals surface area (Å²) in [5.41, 5.74) is 2.63. The molecule has 1 aromatic carbocycles. The molecule has 2 aromatic heterocycles. The van der Waals surface area contributed by atoms with Crippen LogP contribution in [0.4, 0.5) is 11.5 Å². The van der Waals surface area contributed by atoms with E-state index in [0.29, 0.717) is 36.2 Å². The van der Waals surface area contributed by atoms with E-state index in [1.165, 1.54) is 0 Å². The zero-order valence-corrected chi connectivity index (χ0v) is 20.8. The van der Waals surface area contributed by atoms with E-state index in [-0.39, 0.29) is 12.2 Å². The minimum Gasteiger partial charge on any atom is -0.480 e. The van der Waals surface area contributed by atoms with E-state index < -0.39 is 17.4 Å². The third-order valence-corrected chi connectivity index (χ3v) is 7.47. The number of carbonyl (C=O) groups is 2. The van der Waals surface area contributed by atoms with Crippen LogP contribution in [-0.2, 0) is 20.7 Å². The van der Waals surface area contributed by atoms with Crippen molar-refractivity contribution in [1.29, 1.82) is 0 Å². The molecule has 9 heteroatoms. The van der Waals surface area contributed by atoms with E-state index in [1.54, 1.807) is 12.4 Å². The molecule has 1 saturated heterocycles. The van der Waals surface area contributed by atoms with Crippen LogP contribution in [0.3, 0.4) is 0 Å². The van der Waals surface area contributed by atoms with Gasteiger partial charge in [0, 0.05) is 54.5 Å². The van der Waals surface area contributed by atoms with Crippen LogP contribution in [0, 0.1) is 12.3 Å². The van der Waals surface area contributed by atoms with Crippen molar-refractivity contribution in [2.24, 2.45) is 5.41 Å². The van der Waals surface area contributed by atoms with E-state index in [9.17, 15) is 14.7 Å². The number of hydrogen-bond donors (Lipinski definition) is 3. The van der Waals surface area contributed by atoms with E-state index in [1.807, 2.05) is 43.3 Å². The lowest BCUT2D eigenvalue weighted by atomic mass is 9.66. The highest BCUT2D eigenvalue weighted by Crippen LogP contribution is 2.51. The van der Waals surface area contributed by atoms with Gasteiger partial charge in [-0.25, -0.2) is 9.78 Å².